The predicted molar refractivity (Wildman–Crippen MR) is 87.2 cm³/mol. The van der Waals surface area contributed by atoms with E-state index < -0.39 is 12.0 Å². The minimum atomic E-state index is -0.880. The van der Waals surface area contributed by atoms with Gasteiger partial charge in [-0.2, -0.15) is 0 Å². The maximum Gasteiger partial charge on any atom is 0.326 e. The van der Waals surface area contributed by atoms with Crippen LogP contribution in [0.4, 0.5) is 4.79 Å². The summed E-state index contributed by atoms with van der Waals surface area (Å²) < 4.78 is 0. The number of nitrogens with zero attached hydrogens (tertiary/aromatic N) is 2. The van der Waals surface area contributed by atoms with E-state index in [-0.39, 0.29) is 6.03 Å². The van der Waals surface area contributed by atoms with E-state index in [1.807, 2.05) is 11.0 Å². The van der Waals surface area contributed by atoms with Gasteiger partial charge in [-0.25, -0.2) is 9.59 Å². The predicted octanol–water partition coefficient (Wildman–Crippen LogP) is 2.61. The highest BCUT2D eigenvalue weighted by Gasteiger charge is 2.37. The Balaban J connectivity index is 1.52. The van der Waals surface area contributed by atoms with E-state index in [0.29, 0.717) is 18.9 Å². The van der Waals surface area contributed by atoms with Crippen molar-refractivity contribution in [1.29, 1.82) is 0 Å². The van der Waals surface area contributed by atoms with Crippen molar-refractivity contribution >= 4 is 12.0 Å². The van der Waals surface area contributed by atoms with E-state index >= 15 is 0 Å². The molecule has 5 heteroatoms. The monoisotopic (exact) mass is 316 g/mol. The van der Waals surface area contributed by atoms with Gasteiger partial charge in [-0.15, -0.1) is 0 Å². The van der Waals surface area contributed by atoms with Crippen LogP contribution in [0.2, 0.25) is 0 Å². The van der Waals surface area contributed by atoms with Crippen molar-refractivity contribution in [3.8, 4) is 0 Å². The van der Waals surface area contributed by atoms with Gasteiger partial charge in [0, 0.05) is 19.6 Å². The maximum atomic E-state index is 12.6. The van der Waals surface area contributed by atoms with Crippen LogP contribution in [0.3, 0.4) is 0 Å². The van der Waals surface area contributed by atoms with Gasteiger partial charge in [0.2, 0.25) is 0 Å². The summed E-state index contributed by atoms with van der Waals surface area (Å²) in [5, 5.41) is 9.22. The van der Waals surface area contributed by atoms with Crippen molar-refractivity contribution in [1.82, 2.24) is 9.80 Å². The van der Waals surface area contributed by atoms with Crippen LogP contribution >= 0.6 is 0 Å². The number of likely N-dealkylation sites (tertiary alicyclic amines) is 2. The standard InChI is InChI=1S/C18H24N2O3/c21-17(22)16-7-4-10-20(16)18(23)19-11-8-15(9-12-19)13-14-5-2-1-3-6-14/h1-3,5-6,15-16H,4,7-13H2,(H,21,22)/t16-/m0/s1. The first-order chi connectivity index (χ1) is 11.1. The van der Waals surface area contributed by atoms with Gasteiger partial charge in [0.25, 0.3) is 0 Å². The average Bonchev–Trinajstić information content (AvgIpc) is 3.06. The summed E-state index contributed by atoms with van der Waals surface area (Å²) in [6.45, 7) is 2.04. The molecule has 2 heterocycles. The third-order valence-corrected chi connectivity index (χ3v) is 5.04. The van der Waals surface area contributed by atoms with E-state index in [1.54, 1.807) is 4.90 Å². The first-order valence-electron chi connectivity index (χ1n) is 8.47. The van der Waals surface area contributed by atoms with Crippen LogP contribution in [-0.2, 0) is 11.2 Å². The van der Waals surface area contributed by atoms with E-state index in [1.165, 1.54) is 5.56 Å². The van der Waals surface area contributed by atoms with Crippen LogP contribution in [-0.4, -0.2) is 52.6 Å². The van der Waals surface area contributed by atoms with Gasteiger partial charge in [-0.1, -0.05) is 30.3 Å². The number of carboxylic acid groups (broad SMARTS) is 1. The largest absolute Gasteiger partial charge is 0.480 e. The zero-order chi connectivity index (χ0) is 16.2. The number of aliphatic carboxylic acids is 1. The Labute approximate surface area is 136 Å². The van der Waals surface area contributed by atoms with Crippen LogP contribution in [0.5, 0.6) is 0 Å². The molecule has 124 valence electrons. The molecule has 5 nitrogen and oxygen atoms in total. The van der Waals surface area contributed by atoms with E-state index in [9.17, 15) is 14.7 Å². The lowest BCUT2D eigenvalue weighted by atomic mass is 9.90. The minimum absolute atomic E-state index is 0.0898. The Morgan fingerprint density at radius 2 is 1.74 bits per heavy atom. The lowest BCUT2D eigenvalue weighted by molar-refractivity contribution is -0.141. The summed E-state index contributed by atoms with van der Waals surface area (Å²) >= 11 is 0. The molecule has 2 fully saturated rings. The molecule has 0 saturated carbocycles. The SMILES string of the molecule is O=C(O)[C@@H]1CCCN1C(=O)N1CCC(Cc2ccccc2)CC1. The molecule has 0 radical (unpaired) electrons. The second-order valence-corrected chi connectivity index (χ2v) is 6.59. The summed E-state index contributed by atoms with van der Waals surface area (Å²) in [5.74, 6) is -0.273. The molecule has 3 rings (SSSR count). The smallest absolute Gasteiger partial charge is 0.326 e. The van der Waals surface area contributed by atoms with Crippen molar-refractivity contribution in [2.24, 2.45) is 5.92 Å². The van der Waals surface area contributed by atoms with Crippen molar-refractivity contribution in [3.63, 3.8) is 0 Å². The number of urea groups is 1. The summed E-state index contributed by atoms with van der Waals surface area (Å²) in [5.41, 5.74) is 1.35. The number of amides is 2. The number of hydrogen-bond acceptors (Lipinski definition) is 2. The fourth-order valence-corrected chi connectivity index (χ4v) is 3.71. The van der Waals surface area contributed by atoms with E-state index in [4.69, 9.17) is 0 Å². The molecular weight excluding hydrogens is 292 g/mol. The molecule has 0 spiro atoms. The number of carbonyl (C=O) groups is 2. The fourth-order valence-electron chi connectivity index (χ4n) is 3.71. The molecular formula is C18H24N2O3. The Bertz CT molecular complexity index is 553. The zero-order valence-electron chi connectivity index (χ0n) is 13.4. The summed E-state index contributed by atoms with van der Waals surface area (Å²) in [4.78, 5) is 27.2. The van der Waals surface area contributed by atoms with Gasteiger partial charge < -0.3 is 14.9 Å². The van der Waals surface area contributed by atoms with Crippen LogP contribution in [0.1, 0.15) is 31.2 Å². The molecule has 23 heavy (non-hydrogen) atoms. The van der Waals surface area contributed by atoms with Gasteiger partial charge in [0.1, 0.15) is 6.04 Å². The lowest BCUT2D eigenvalue weighted by Crippen LogP contribution is -2.50. The van der Waals surface area contributed by atoms with E-state index in [0.717, 1.165) is 38.8 Å². The molecule has 2 aliphatic rings. The minimum Gasteiger partial charge on any atom is -0.480 e. The highest BCUT2D eigenvalue weighted by Crippen LogP contribution is 2.25. The number of hydrogen-bond donors (Lipinski definition) is 1. The van der Waals surface area contributed by atoms with Crippen molar-refractivity contribution in [3.05, 3.63) is 35.9 Å². The molecule has 1 aromatic rings. The van der Waals surface area contributed by atoms with Crippen molar-refractivity contribution < 1.29 is 14.7 Å². The van der Waals surface area contributed by atoms with Gasteiger partial charge in [0.05, 0.1) is 0 Å². The van der Waals surface area contributed by atoms with Crippen molar-refractivity contribution in [2.45, 2.75) is 38.1 Å². The van der Waals surface area contributed by atoms with Crippen LogP contribution in [0.15, 0.2) is 30.3 Å². The third kappa shape index (κ3) is 3.66. The number of carboxylic acids is 1. The lowest BCUT2D eigenvalue weighted by Gasteiger charge is -2.35. The van der Waals surface area contributed by atoms with Gasteiger partial charge in [-0.05, 0) is 43.6 Å². The van der Waals surface area contributed by atoms with Gasteiger partial charge >= 0.3 is 12.0 Å². The Hall–Kier alpha value is -2.04. The maximum absolute atomic E-state index is 12.6. The highest BCUT2D eigenvalue weighted by atomic mass is 16.4. The number of rotatable bonds is 3. The Kier molecular flexibility index (Phi) is 4.84. The number of benzene rings is 1. The fraction of sp³-hybridized carbons (Fsp3) is 0.556. The summed E-state index contributed by atoms with van der Waals surface area (Å²) in [6.07, 6.45) is 4.40. The Morgan fingerprint density at radius 1 is 1.04 bits per heavy atom. The molecule has 2 saturated heterocycles. The molecule has 0 unspecified atom stereocenters. The van der Waals surface area contributed by atoms with Crippen molar-refractivity contribution in [2.75, 3.05) is 19.6 Å². The molecule has 0 aromatic heterocycles. The normalized spacial score (nSPS) is 22.3. The number of carbonyl (C=O) groups excluding carboxylic acids is 1. The molecule has 1 atom stereocenters. The Morgan fingerprint density at radius 3 is 2.39 bits per heavy atom. The molecule has 1 N–H and O–H groups in total. The molecule has 2 amide bonds. The van der Waals surface area contributed by atoms with Gasteiger partial charge in [-0.3, -0.25) is 0 Å². The van der Waals surface area contributed by atoms with Crippen LogP contribution < -0.4 is 0 Å². The van der Waals surface area contributed by atoms with Crippen LogP contribution in [0, 0.1) is 5.92 Å². The van der Waals surface area contributed by atoms with Gasteiger partial charge in [0.15, 0.2) is 0 Å². The second-order valence-electron chi connectivity index (χ2n) is 6.59. The molecule has 1 aromatic carbocycles. The first-order valence-corrected chi connectivity index (χ1v) is 8.47. The third-order valence-electron chi connectivity index (χ3n) is 5.04. The van der Waals surface area contributed by atoms with E-state index in [2.05, 4.69) is 24.3 Å². The number of piperidine rings is 1. The average molecular weight is 316 g/mol. The first kappa shape index (κ1) is 15.8. The quantitative estimate of drug-likeness (QED) is 0.932. The molecule has 2 aliphatic heterocycles. The molecule has 0 bridgehead atoms. The highest BCUT2D eigenvalue weighted by molar-refractivity contribution is 5.83. The molecule has 0 aliphatic carbocycles. The summed E-state index contributed by atoms with van der Waals surface area (Å²) in [7, 11) is 0. The zero-order valence-corrected chi connectivity index (χ0v) is 13.4. The second kappa shape index (κ2) is 7.02. The summed E-state index contributed by atoms with van der Waals surface area (Å²) in [6, 6.07) is 9.73. The van der Waals surface area contributed by atoms with Crippen LogP contribution in [0.25, 0.3) is 0 Å². The topological polar surface area (TPSA) is 60.9 Å².